The Kier molecular flexibility index (Phi) is 3.71. The van der Waals surface area contributed by atoms with Gasteiger partial charge < -0.3 is 15.6 Å². The number of aliphatic hydroxyl groups is 1. The number of hydrogen-bond donors (Lipinski definition) is 2. The molecule has 2 heterocycles. The zero-order valence-corrected chi connectivity index (χ0v) is 11.2. The molecule has 0 fully saturated rings. The molecule has 0 saturated heterocycles. The van der Waals surface area contributed by atoms with E-state index in [-0.39, 0.29) is 6.10 Å². The molecule has 2 aromatic heterocycles. The van der Waals surface area contributed by atoms with Crippen LogP contribution in [0.2, 0.25) is 0 Å². The van der Waals surface area contributed by atoms with Gasteiger partial charge in [0.1, 0.15) is 17.7 Å². The van der Waals surface area contributed by atoms with E-state index in [4.69, 9.17) is 10.5 Å². The lowest BCUT2D eigenvalue weighted by Crippen LogP contribution is -2.08. The second-order valence-corrected chi connectivity index (χ2v) is 4.63. The standard InChI is InChI=1S/C13H18N4O2/c1-8(2)19-10-4-9(5-15-6-10)12(18)11-7-16-17(3)13(11)14/h4-8,12,18H,14H2,1-3H3. The maximum absolute atomic E-state index is 10.3. The number of nitrogens with two attached hydrogens (primary N) is 1. The predicted octanol–water partition coefficient (Wildman–Crippen LogP) is 1.27. The Morgan fingerprint density at radius 2 is 2.05 bits per heavy atom. The molecule has 2 rings (SSSR count). The number of nitrogen functional groups attached to an aromatic ring is 1. The molecule has 0 aliphatic heterocycles. The number of rotatable bonds is 4. The fourth-order valence-electron chi connectivity index (χ4n) is 1.78. The summed E-state index contributed by atoms with van der Waals surface area (Å²) in [7, 11) is 1.72. The van der Waals surface area contributed by atoms with Crippen LogP contribution in [0.15, 0.2) is 24.7 Å². The highest BCUT2D eigenvalue weighted by Crippen LogP contribution is 2.27. The molecule has 1 atom stereocenters. The van der Waals surface area contributed by atoms with Crippen LogP contribution in [-0.4, -0.2) is 26.0 Å². The minimum Gasteiger partial charge on any atom is -0.489 e. The number of nitrogens with zero attached hydrogens (tertiary/aromatic N) is 3. The summed E-state index contributed by atoms with van der Waals surface area (Å²) in [6.07, 6.45) is 3.94. The molecule has 102 valence electrons. The minimum absolute atomic E-state index is 0.0534. The van der Waals surface area contributed by atoms with E-state index in [0.29, 0.717) is 22.7 Å². The van der Waals surface area contributed by atoms with Crippen molar-refractivity contribution in [1.29, 1.82) is 0 Å². The normalized spacial score (nSPS) is 12.7. The Hall–Kier alpha value is -2.08. The molecule has 0 aliphatic rings. The molecule has 19 heavy (non-hydrogen) atoms. The number of ether oxygens (including phenoxy) is 1. The topological polar surface area (TPSA) is 86.2 Å². The molecular weight excluding hydrogens is 244 g/mol. The highest BCUT2D eigenvalue weighted by molar-refractivity contribution is 5.44. The van der Waals surface area contributed by atoms with Crippen molar-refractivity contribution in [1.82, 2.24) is 14.8 Å². The first-order valence-corrected chi connectivity index (χ1v) is 6.06. The number of pyridine rings is 1. The van der Waals surface area contributed by atoms with Crippen LogP contribution in [0.4, 0.5) is 5.82 Å². The van der Waals surface area contributed by atoms with Gasteiger partial charge in [0.15, 0.2) is 0 Å². The van der Waals surface area contributed by atoms with Gasteiger partial charge in [0.05, 0.1) is 18.5 Å². The van der Waals surface area contributed by atoms with E-state index in [1.54, 1.807) is 31.7 Å². The average Bonchev–Trinajstić information content (AvgIpc) is 2.69. The Bertz CT molecular complexity index is 566. The number of aliphatic hydroxyl groups excluding tert-OH is 1. The monoisotopic (exact) mass is 262 g/mol. The van der Waals surface area contributed by atoms with Crippen LogP contribution in [0.3, 0.4) is 0 Å². The van der Waals surface area contributed by atoms with Gasteiger partial charge in [-0.1, -0.05) is 0 Å². The van der Waals surface area contributed by atoms with E-state index in [9.17, 15) is 5.11 Å². The highest BCUT2D eigenvalue weighted by Gasteiger charge is 2.17. The average molecular weight is 262 g/mol. The predicted molar refractivity (Wildman–Crippen MR) is 71.7 cm³/mol. The smallest absolute Gasteiger partial charge is 0.138 e. The molecule has 0 bridgehead atoms. The van der Waals surface area contributed by atoms with Crippen molar-refractivity contribution in [2.24, 2.45) is 7.05 Å². The highest BCUT2D eigenvalue weighted by atomic mass is 16.5. The summed E-state index contributed by atoms with van der Waals surface area (Å²) in [4.78, 5) is 4.07. The largest absolute Gasteiger partial charge is 0.489 e. The Labute approximate surface area is 111 Å². The van der Waals surface area contributed by atoms with Gasteiger partial charge in [-0.05, 0) is 19.9 Å². The second-order valence-electron chi connectivity index (χ2n) is 4.63. The van der Waals surface area contributed by atoms with Crippen LogP contribution < -0.4 is 10.5 Å². The molecule has 6 nitrogen and oxygen atoms in total. The van der Waals surface area contributed by atoms with Gasteiger partial charge in [-0.3, -0.25) is 9.67 Å². The van der Waals surface area contributed by atoms with Crippen LogP contribution in [0.1, 0.15) is 31.1 Å². The van der Waals surface area contributed by atoms with Crippen molar-refractivity contribution >= 4 is 5.82 Å². The molecule has 6 heteroatoms. The third kappa shape index (κ3) is 2.85. The number of hydrogen-bond acceptors (Lipinski definition) is 5. The molecule has 1 unspecified atom stereocenters. The lowest BCUT2D eigenvalue weighted by Gasteiger charge is -2.13. The molecule has 0 spiro atoms. The van der Waals surface area contributed by atoms with Crippen molar-refractivity contribution < 1.29 is 9.84 Å². The van der Waals surface area contributed by atoms with Crippen molar-refractivity contribution in [3.63, 3.8) is 0 Å². The third-order valence-electron chi connectivity index (χ3n) is 2.73. The van der Waals surface area contributed by atoms with E-state index in [1.165, 1.54) is 4.68 Å². The maximum Gasteiger partial charge on any atom is 0.138 e. The van der Waals surface area contributed by atoms with E-state index in [0.717, 1.165) is 0 Å². The van der Waals surface area contributed by atoms with Crippen LogP contribution in [0.5, 0.6) is 5.75 Å². The first kappa shape index (κ1) is 13.4. The zero-order valence-electron chi connectivity index (χ0n) is 11.2. The van der Waals surface area contributed by atoms with Crippen molar-refractivity contribution in [2.45, 2.75) is 26.1 Å². The summed E-state index contributed by atoms with van der Waals surface area (Å²) in [5.74, 6) is 1.05. The summed E-state index contributed by atoms with van der Waals surface area (Å²) in [6.45, 7) is 3.87. The fraction of sp³-hybridized carbons (Fsp3) is 0.385. The summed E-state index contributed by atoms with van der Waals surface area (Å²) in [5.41, 5.74) is 7.03. The second kappa shape index (κ2) is 5.27. The Morgan fingerprint density at radius 1 is 1.32 bits per heavy atom. The molecule has 0 aliphatic carbocycles. The summed E-state index contributed by atoms with van der Waals surface area (Å²) >= 11 is 0. The van der Waals surface area contributed by atoms with Gasteiger partial charge in [0, 0.05) is 24.4 Å². The van der Waals surface area contributed by atoms with E-state index >= 15 is 0 Å². The third-order valence-corrected chi connectivity index (χ3v) is 2.73. The van der Waals surface area contributed by atoms with Gasteiger partial charge in [0.2, 0.25) is 0 Å². The van der Waals surface area contributed by atoms with Crippen LogP contribution in [0.25, 0.3) is 0 Å². The maximum atomic E-state index is 10.3. The summed E-state index contributed by atoms with van der Waals surface area (Å²) in [5, 5.41) is 14.3. The van der Waals surface area contributed by atoms with E-state index in [2.05, 4.69) is 10.1 Å². The molecule has 2 aromatic rings. The molecule has 0 aromatic carbocycles. The van der Waals surface area contributed by atoms with Crippen LogP contribution in [0, 0.1) is 0 Å². The molecule has 0 radical (unpaired) electrons. The first-order chi connectivity index (χ1) is 8.99. The van der Waals surface area contributed by atoms with Crippen LogP contribution in [-0.2, 0) is 7.05 Å². The SMILES string of the molecule is CC(C)Oc1cncc(C(O)c2cnn(C)c2N)c1. The lowest BCUT2D eigenvalue weighted by atomic mass is 10.1. The van der Waals surface area contributed by atoms with Gasteiger partial charge in [-0.25, -0.2) is 0 Å². The number of aryl methyl sites for hydroxylation is 1. The van der Waals surface area contributed by atoms with Crippen molar-refractivity contribution in [3.8, 4) is 5.75 Å². The Morgan fingerprint density at radius 3 is 2.63 bits per heavy atom. The van der Waals surface area contributed by atoms with Crippen molar-refractivity contribution in [3.05, 3.63) is 35.8 Å². The quantitative estimate of drug-likeness (QED) is 0.866. The summed E-state index contributed by atoms with van der Waals surface area (Å²) in [6, 6.07) is 1.75. The van der Waals surface area contributed by atoms with E-state index < -0.39 is 6.10 Å². The number of anilines is 1. The fourth-order valence-corrected chi connectivity index (χ4v) is 1.78. The summed E-state index contributed by atoms with van der Waals surface area (Å²) < 4.78 is 7.06. The van der Waals surface area contributed by atoms with Gasteiger partial charge in [-0.15, -0.1) is 0 Å². The molecule has 0 saturated carbocycles. The van der Waals surface area contributed by atoms with Gasteiger partial charge in [0.25, 0.3) is 0 Å². The van der Waals surface area contributed by atoms with Gasteiger partial charge >= 0.3 is 0 Å². The van der Waals surface area contributed by atoms with Crippen LogP contribution >= 0.6 is 0 Å². The van der Waals surface area contributed by atoms with Gasteiger partial charge in [-0.2, -0.15) is 5.10 Å². The number of aromatic nitrogens is 3. The Balaban J connectivity index is 2.28. The molecule has 0 amide bonds. The van der Waals surface area contributed by atoms with Crippen molar-refractivity contribution in [2.75, 3.05) is 5.73 Å². The minimum atomic E-state index is -0.864. The molecule has 3 N–H and O–H groups in total. The zero-order chi connectivity index (χ0) is 14.0. The first-order valence-electron chi connectivity index (χ1n) is 6.06. The van der Waals surface area contributed by atoms with E-state index in [1.807, 2.05) is 13.8 Å². The lowest BCUT2D eigenvalue weighted by molar-refractivity contribution is 0.216. The molecular formula is C13H18N4O2.